The van der Waals surface area contributed by atoms with E-state index in [9.17, 15) is 9.59 Å². The number of aromatic nitrogens is 2. The molecule has 0 atom stereocenters. The Hall–Kier alpha value is -2.99. The average Bonchev–Trinajstić information content (AvgIpc) is 3.25. The highest BCUT2D eigenvalue weighted by molar-refractivity contribution is 7.12. The number of hydrogen-bond acceptors (Lipinski definition) is 5. The van der Waals surface area contributed by atoms with Gasteiger partial charge in [-0.05, 0) is 38.5 Å². The largest absolute Gasteiger partial charge is 0.454 e. The number of ether oxygens (including phenoxy) is 1. The SMILES string of the molecule is Cc1cccc(/C=C/C(=O)OCC(=O)c2cc(C)n(-c3nccs3)c2C)c1. The number of hydrogen-bond donors (Lipinski definition) is 0. The van der Waals surface area contributed by atoms with Crippen LogP contribution in [0.25, 0.3) is 11.2 Å². The third kappa shape index (κ3) is 4.41. The molecule has 0 bridgehead atoms. The molecule has 1 aromatic carbocycles. The van der Waals surface area contributed by atoms with Gasteiger partial charge in [0, 0.05) is 34.6 Å². The predicted octanol–water partition coefficient (Wildman–Crippen LogP) is 4.30. The van der Waals surface area contributed by atoms with Crippen LogP contribution in [-0.4, -0.2) is 27.9 Å². The van der Waals surface area contributed by atoms with Crippen LogP contribution in [0.2, 0.25) is 0 Å². The normalized spacial score (nSPS) is 11.1. The van der Waals surface area contributed by atoms with Gasteiger partial charge in [-0.1, -0.05) is 29.8 Å². The van der Waals surface area contributed by atoms with Gasteiger partial charge in [0.1, 0.15) is 0 Å². The standard InChI is InChI=1S/C21H20N2O3S/c1-14-5-4-6-17(11-14)7-8-20(25)26-13-19(24)18-12-15(2)23(16(18)3)21-22-9-10-27-21/h4-12H,13H2,1-3H3/b8-7+. The van der Waals surface area contributed by atoms with Crippen LogP contribution in [-0.2, 0) is 9.53 Å². The van der Waals surface area contributed by atoms with Crippen LogP contribution < -0.4 is 0 Å². The molecule has 3 rings (SSSR count). The van der Waals surface area contributed by atoms with E-state index in [1.54, 1.807) is 18.3 Å². The summed E-state index contributed by atoms with van der Waals surface area (Å²) in [4.78, 5) is 28.7. The molecular weight excluding hydrogens is 360 g/mol. The fraction of sp³-hybridized carbons (Fsp3) is 0.190. The summed E-state index contributed by atoms with van der Waals surface area (Å²) in [5.41, 5.74) is 4.26. The minimum absolute atomic E-state index is 0.233. The molecule has 5 nitrogen and oxygen atoms in total. The molecule has 0 aliphatic carbocycles. The monoisotopic (exact) mass is 380 g/mol. The second-order valence-corrected chi connectivity index (χ2v) is 7.09. The smallest absolute Gasteiger partial charge is 0.331 e. The molecule has 3 aromatic rings. The van der Waals surface area contributed by atoms with Crippen molar-refractivity contribution >= 4 is 29.2 Å². The number of rotatable bonds is 6. The Balaban J connectivity index is 1.64. The first-order valence-electron chi connectivity index (χ1n) is 8.49. The van der Waals surface area contributed by atoms with Gasteiger partial charge in [0.15, 0.2) is 11.7 Å². The first-order chi connectivity index (χ1) is 13.0. The van der Waals surface area contributed by atoms with Crippen LogP contribution in [0.1, 0.15) is 32.9 Å². The predicted molar refractivity (Wildman–Crippen MR) is 106 cm³/mol. The fourth-order valence-electron chi connectivity index (χ4n) is 2.87. The van der Waals surface area contributed by atoms with E-state index in [1.165, 1.54) is 17.4 Å². The van der Waals surface area contributed by atoms with Gasteiger partial charge in [-0.3, -0.25) is 9.36 Å². The molecule has 0 unspecified atom stereocenters. The van der Waals surface area contributed by atoms with E-state index in [4.69, 9.17) is 4.74 Å². The molecule has 27 heavy (non-hydrogen) atoms. The molecule has 0 spiro atoms. The maximum absolute atomic E-state index is 12.5. The van der Waals surface area contributed by atoms with Gasteiger partial charge in [0.05, 0.1) is 0 Å². The maximum Gasteiger partial charge on any atom is 0.331 e. The van der Waals surface area contributed by atoms with E-state index in [1.807, 2.05) is 55.0 Å². The Labute approximate surface area is 161 Å². The number of esters is 1. The molecule has 6 heteroatoms. The second kappa shape index (κ2) is 8.14. The van der Waals surface area contributed by atoms with Gasteiger partial charge in [0.25, 0.3) is 0 Å². The lowest BCUT2D eigenvalue weighted by Gasteiger charge is -2.05. The quantitative estimate of drug-likeness (QED) is 0.363. The summed E-state index contributed by atoms with van der Waals surface area (Å²) < 4.78 is 7.04. The Morgan fingerprint density at radius 2 is 2.04 bits per heavy atom. The third-order valence-corrected chi connectivity index (χ3v) is 4.90. The molecular formula is C21H20N2O3S. The van der Waals surface area contributed by atoms with Crippen LogP contribution >= 0.6 is 11.3 Å². The molecule has 0 saturated heterocycles. The van der Waals surface area contributed by atoms with E-state index in [2.05, 4.69) is 4.98 Å². The Bertz CT molecular complexity index is 1000. The highest BCUT2D eigenvalue weighted by Crippen LogP contribution is 2.22. The molecule has 0 aliphatic rings. The number of aryl methyl sites for hydroxylation is 2. The molecule has 0 amide bonds. The number of carbonyl (C=O) groups is 2. The topological polar surface area (TPSA) is 61.2 Å². The molecule has 2 aromatic heterocycles. The number of ketones is 1. The molecule has 2 heterocycles. The van der Waals surface area contributed by atoms with Crippen molar-refractivity contribution in [2.45, 2.75) is 20.8 Å². The van der Waals surface area contributed by atoms with Crippen LogP contribution in [0.15, 0.2) is 48.0 Å². The molecule has 0 radical (unpaired) electrons. The van der Waals surface area contributed by atoms with E-state index in [-0.39, 0.29) is 12.4 Å². The number of carbonyl (C=O) groups excluding carboxylic acids is 2. The lowest BCUT2D eigenvalue weighted by atomic mass is 10.1. The average molecular weight is 380 g/mol. The summed E-state index contributed by atoms with van der Waals surface area (Å²) in [6.07, 6.45) is 4.73. The Morgan fingerprint density at radius 1 is 1.22 bits per heavy atom. The zero-order chi connectivity index (χ0) is 19.4. The zero-order valence-electron chi connectivity index (χ0n) is 15.4. The van der Waals surface area contributed by atoms with E-state index >= 15 is 0 Å². The highest BCUT2D eigenvalue weighted by atomic mass is 32.1. The maximum atomic E-state index is 12.5. The van der Waals surface area contributed by atoms with Gasteiger partial charge in [-0.2, -0.15) is 0 Å². The lowest BCUT2D eigenvalue weighted by Crippen LogP contribution is -2.13. The number of thiazole rings is 1. The second-order valence-electron chi connectivity index (χ2n) is 6.21. The van der Waals surface area contributed by atoms with Crippen molar-refractivity contribution in [3.8, 4) is 5.13 Å². The first kappa shape index (κ1) is 18.8. The summed E-state index contributed by atoms with van der Waals surface area (Å²) in [7, 11) is 0. The lowest BCUT2D eigenvalue weighted by molar-refractivity contribution is -0.136. The van der Waals surface area contributed by atoms with Crippen molar-refractivity contribution in [2.75, 3.05) is 6.61 Å². The molecule has 0 N–H and O–H groups in total. The van der Waals surface area contributed by atoms with E-state index < -0.39 is 5.97 Å². The van der Waals surface area contributed by atoms with Crippen LogP contribution in [0, 0.1) is 20.8 Å². The minimum atomic E-state index is -0.543. The van der Waals surface area contributed by atoms with Crippen molar-refractivity contribution in [3.05, 3.63) is 76.1 Å². The molecule has 0 aliphatic heterocycles. The van der Waals surface area contributed by atoms with E-state index in [0.29, 0.717) is 5.56 Å². The number of Topliss-reactive ketones (excluding diaryl/α,β-unsaturated/α-hetero) is 1. The van der Waals surface area contributed by atoms with Crippen molar-refractivity contribution in [3.63, 3.8) is 0 Å². The van der Waals surface area contributed by atoms with E-state index in [0.717, 1.165) is 27.6 Å². The zero-order valence-corrected chi connectivity index (χ0v) is 16.2. The minimum Gasteiger partial charge on any atom is -0.454 e. The van der Waals surface area contributed by atoms with Gasteiger partial charge in [0.2, 0.25) is 5.78 Å². The molecule has 138 valence electrons. The Morgan fingerprint density at radius 3 is 2.74 bits per heavy atom. The van der Waals surface area contributed by atoms with Crippen molar-refractivity contribution in [2.24, 2.45) is 0 Å². The van der Waals surface area contributed by atoms with Crippen LogP contribution in [0.5, 0.6) is 0 Å². The fourth-order valence-corrected chi connectivity index (χ4v) is 3.62. The van der Waals surface area contributed by atoms with Crippen molar-refractivity contribution in [1.29, 1.82) is 0 Å². The summed E-state index contributed by atoms with van der Waals surface area (Å²) in [5.74, 6) is -0.776. The summed E-state index contributed by atoms with van der Waals surface area (Å²) in [5, 5.41) is 2.69. The Kier molecular flexibility index (Phi) is 5.66. The molecule has 0 saturated carbocycles. The number of benzene rings is 1. The van der Waals surface area contributed by atoms with Gasteiger partial charge >= 0.3 is 5.97 Å². The van der Waals surface area contributed by atoms with Gasteiger partial charge in [-0.15, -0.1) is 11.3 Å². The first-order valence-corrected chi connectivity index (χ1v) is 9.37. The van der Waals surface area contributed by atoms with Crippen molar-refractivity contribution < 1.29 is 14.3 Å². The number of nitrogens with zero attached hydrogens (tertiary/aromatic N) is 2. The molecule has 0 fully saturated rings. The summed E-state index contributed by atoms with van der Waals surface area (Å²) in [6, 6.07) is 9.56. The highest BCUT2D eigenvalue weighted by Gasteiger charge is 2.18. The van der Waals surface area contributed by atoms with Crippen molar-refractivity contribution in [1.82, 2.24) is 9.55 Å². The summed E-state index contributed by atoms with van der Waals surface area (Å²) in [6.45, 7) is 5.47. The van der Waals surface area contributed by atoms with Gasteiger partial charge < -0.3 is 4.74 Å². The van der Waals surface area contributed by atoms with Gasteiger partial charge in [-0.25, -0.2) is 9.78 Å². The van der Waals surface area contributed by atoms with Crippen LogP contribution in [0.4, 0.5) is 0 Å². The third-order valence-electron chi connectivity index (χ3n) is 4.14. The van der Waals surface area contributed by atoms with Crippen LogP contribution in [0.3, 0.4) is 0 Å². The summed E-state index contributed by atoms with van der Waals surface area (Å²) >= 11 is 1.50.